The van der Waals surface area contributed by atoms with E-state index in [4.69, 9.17) is 0 Å². The number of rotatable bonds is 1. The van der Waals surface area contributed by atoms with Crippen LogP contribution in [0, 0.1) is 5.82 Å². The summed E-state index contributed by atoms with van der Waals surface area (Å²) in [6.07, 6.45) is -1.86. The summed E-state index contributed by atoms with van der Waals surface area (Å²) in [5.74, 6) is -1.22. The van der Waals surface area contributed by atoms with Gasteiger partial charge in [-0.15, -0.1) is 0 Å². The molecule has 0 radical (unpaired) electrons. The van der Waals surface area contributed by atoms with Gasteiger partial charge in [-0.05, 0) is 13.0 Å². The lowest BCUT2D eigenvalue weighted by Crippen LogP contribution is -2.08. The molecular formula is C10H8F4. The lowest BCUT2D eigenvalue weighted by molar-refractivity contribution is -0.140. The normalized spacial score (nSPS) is 12.4. The zero-order chi connectivity index (χ0) is 10.8. The lowest BCUT2D eigenvalue weighted by Gasteiger charge is -2.08. The van der Waals surface area contributed by atoms with Crippen LogP contribution >= 0.6 is 0 Å². The van der Waals surface area contributed by atoms with E-state index in [0.717, 1.165) is 6.07 Å². The fraction of sp³-hybridized carbons (Fsp3) is 0.200. The molecule has 1 rings (SSSR count). The summed E-state index contributed by atoms with van der Waals surface area (Å²) in [5.41, 5.74) is -1.28. The van der Waals surface area contributed by atoms with Crippen LogP contribution in [0.25, 0.3) is 6.08 Å². The Hall–Kier alpha value is -1.32. The molecule has 14 heavy (non-hydrogen) atoms. The van der Waals surface area contributed by atoms with Gasteiger partial charge in [0, 0.05) is 5.56 Å². The van der Waals surface area contributed by atoms with Gasteiger partial charge in [0.1, 0.15) is 5.82 Å². The Kier molecular flexibility index (Phi) is 2.93. The van der Waals surface area contributed by atoms with Crippen LogP contribution in [0.1, 0.15) is 18.1 Å². The van der Waals surface area contributed by atoms with Crippen molar-refractivity contribution in [3.05, 3.63) is 41.2 Å². The summed E-state index contributed by atoms with van der Waals surface area (Å²) < 4.78 is 49.8. The van der Waals surface area contributed by atoms with Gasteiger partial charge in [0.15, 0.2) is 0 Å². The molecule has 1 aromatic rings. The van der Waals surface area contributed by atoms with E-state index in [9.17, 15) is 17.6 Å². The van der Waals surface area contributed by atoms with Crippen LogP contribution in [0.5, 0.6) is 0 Å². The van der Waals surface area contributed by atoms with Crippen molar-refractivity contribution < 1.29 is 17.6 Å². The fourth-order valence-electron chi connectivity index (χ4n) is 1.08. The van der Waals surface area contributed by atoms with Gasteiger partial charge < -0.3 is 0 Å². The Morgan fingerprint density at radius 2 is 1.86 bits per heavy atom. The number of hydrogen-bond donors (Lipinski definition) is 0. The highest BCUT2D eigenvalue weighted by atomic mass is 19.4. The van der Waals surface area contributed by atoms with E-state index < -0.39 is 17.6 Å². The highest BCUT2D eigenvalue weighted by Crippen LogP contribution is 2.32. The number of hydrogen-bond acceptors (Lipinski definition) is 0. The van der Waals surface area contributed by atoms with Gasteiger partial charge in [-0.2, -0.15) is 13.2 Å². The van der Waals surface area contributed by atoms with Crippen molar-refractivity contribution in [2.45, 2.75) is 13.1 Å². The first-order chi connectivity index (χ1) is 6.46. The van der Waals surface area contributed by atoms with Gasteiger partial charge in [-0.25, -0.2) is 4.39 Å². The summed E-state index contributed by atoms with van der Waals surface area (Å²) in [6, 6.07) is 3.20. The van der Waals surface area contributed by atoms with E-state index in [1.54, 1.807) is 6.92 Å². The third kappa shape index (κ3) is 2.13. The van der Waals surface area contributed by atoms with Gasteiger partial charge in [0.05, 0.1) is 5.56 Å². The van der Waals surface area contributed by atoms with Crippen molar-refractivity contribution in [1.82, 2.24) is 0 Å². The number of alkyl halides is 3. The third-order valence-electron chi connectivity index (χ3n) is 1.68. The molecule has 0 aromatic heterocycles. The van der Waals surface area contributed by atoms with E-state index in [1.165, 1.54) is 24.3 Å². The quantitative estimate of drug-likeness (QED) is 0.609. The largest absolute Gasteiger partial charge is 0.419 e. The standard InChI is InChI=1S/C10H8F4/c1-2-4-7-5-3-6-8(9(7)11)10(12,13)14/h2-6H,1H3/b4-2+. The molecule has 0 spiro atoms. The molecule has 0 bridgehead atoms. The molecule has 0 heterocycles. The van der Waals surface area contributed by atoms with Crippen molar-refractivity contribution >= 4 is 6.08 Å². The number of benzene rings is 1. The Labute approximate surface area is 78.9 Å². The summed E-state index contributed by atoms with van der Waals surface area (Å²) in [6.45, 7) is 1.61. The SMILES string of the molecule is C/C=C/c1cccc(C(F)(F)F)c1F. The van der Waals surface area contributed by atoms with Crippen molar-refractivity contribution in [3.8, 4) is 0 Å². The predicted octanol–water partition coefficient (Wildman–Crippen LogP) is 3.88. The molecular weight excluding hydrogens is 196 g/mol. The second-order valence-corrected chi connectivity index (χ2v) is 2.71. The van der Waals surface area contributed by atoms with Gasteiger partial charge >= 0.3 is 6.18 Å². The second-order valence-electron chi connectivity index (χ2n) is 2.71. The molecule has 0 saturated carbocycles. The smallest absolute Gasteiger partial charge is 0.206 e. The molecule has 0 aliphatic heterocycles. The molecule has 0 aliphatic carbocycles. The first kappa shape index (κ1) is 10.8. The molecule has 0 N–H and O–H groups in total. The topological polar surface area (TPSA) is 0 Å². The maximum atomic E-state index is 13.2. The summed E-state index contributed by atoms with van der Waals surface area (Å²) in [7, 11) is 0. The van der Waals surface area contributed by atoms with Gasteiger partial charge in [0.2, 0.25) is 0 Å². The minimum atomic E-state index is -4.64. The zero-order valence-corrected chi connectivity index (χ0v) is 7.40. The molecule has 0 nitrogen and oxygen atoms in total. The molecule has 0 aliphatic rings. The average molecular weight is 204 g/mol. The lowest BCUT2D eigenvalue weighted by atomic mass is 10.1. The first-order valence-corrected chi connectivity index (χ1v) is 3.95. The minimum Gasteiger partial charge on any atom is -0.206 e. The van der Waals surface area contributed by atoms with Crippen molar-refractivity contribution in [2.75, 3.05) is 0 Å². The van der Waals surface area contributed by atoms with Gasteiger partial charge in [-0.3, -0.25) is 0 Å². The predicted molar refractivity (Wildman–Crippen MR) is 46.1 cm³/mol. The Bertz CT molecular complexity index is 350. The molecule has 4 heteroatoms. The van der Waals surface area contributed by atoms with E-state index in [1.807, 2.05) is 0 Å². The number of halogens is 4. The maximum absolute atomic E-state index is 13.2. The second kappa shape index (κ2) is 3.82. The van der Waals surface area contributed by atoms with Crippen LogP contribution in [-0.2, 0) is 6.18 Å². The van der Waals surface area contributed by atoms with Crippen LogP contribution in [0.4, 0.5) is 17.6 Å². The highest BCUT2D eigenvalue weighted by molar-refractivity contribution is 5.51. The third-order valence-corrected chi connectivity index (χ3v) is 1.68. The van der Waals surface area contributed by atoms with Crippen LogP contribution in [0.15, 0.2) is 24.3 Å². The molecule has 0 amide bonds. The van der Waals surface area contributed by atoms with Crippen molar-refractivity contribution in [2.24, 2.45) is 0 Å². The molecule has 1 aromatic carbocycles. The Morgan fingerprint density at radius 1 is 1.21 bits per heavy atom. The Morgan fingerprint density at radius 3 is 2.36 bits per heavy atom. The molecule has 0 unspecified atom stereocenters. The Balaban J connectivity index is 3.28. The monoisotopic (exact) mass is 204 g/mol. The van der Waals surface area contributed by atoms with Gasteiger partial charge in [-0.1, -0.05) is 24.3 Å². The summed E-state index contributed by atoms with van der Waals surface area (Å²) in [4.78, 5) is 0. The summed E-state index contributed by atoms with van der Waals surface area (Å²) in [5, 5.41) is 0. The van der Waals surface area contributed by atoms with E-state index >= 15 is 0 Å². The highest BCUT2D eigenvalue weighted by Gasteiger charge is 2.34. The first-order valence-electron chi connectivity index (χ1n) is 3.95. The molecule has 0 fully saturated rings. The van der Waals surface area contributed by atoms with E-state index in [2.05, 4.69) is 0 Å². The van der Waals surface area contributed by atoms with E-state index in [0.29, 0.717) is 0 Å². The summed E-state index contributed by atoms with van der Waals surface area (Å²) >= 11 is 0. The van der Waals surface area contributed by atoms with Crippen LogP contribution < -0.4 is 0 Å². The zero-order valence-electron chi connectivity index (χ0n) is 7.40. The molecule has 0 saturated heterocycles. The van der Waals surface area contributed by atoms with E-state index in [-0.39, 0.29) is 5.56 Å². The van der Waals surface area contributed by atoms with Crippen LogP contribution in [0.2, 0.25) is 0 Å². The molecule has 0 atom stereocenters. The van der Waals surface area contributed by atoms with Crippen LogP contribution in [-0.4, -0.2) is 0 Å². The maximum Gasteiger partial charge on any atom is 0.419 e. The van der Waals surface area contributed by atoms with Crippen molar-refractivity contribution in [3.63, 3.8) is 0 Å². The average Bonchev–Trinajstić information content (AvgIpc) is 2.07. The number of allylic oxidation sites excluding steroid dienone is 1. The minimum absolute atomic E-state index is 0.0534. The molecule has 76 valence electrons. The van der Waals surface area contributed by atoms with Crippen LogP contribution in [0.3, 0.4) is 0 Å². The van der Waals surface area contributed by atoms with Gasteiger partial charge in [0.25, 0.3) is 0 Å². The van der Waals surface area contributed by atoms with Crippen molar-refractivity contribution in [1.29, 1.82) is 0 Å². The fourth-order valence-corrected chi connectivity index (χ4v) is 1.08.